The minimum Gasteiger partial charge on any atom is -0.496 e. The van der Waals surface area contributed by atoms with Gasteiger partial charge >= 0.3 is 5.97 Å². The molecule has 2 fully saturated rings. The molecule has 1 heterocycles. The van der Waals surface area contributed by atoms with Crippen LogP contribution in [-0.4, -0.2) is 62.0 Å². The highest BCUT2D eigenvalue weighted by Gasteiger charge is 2.31. The zero-order valence-electron chi connectivity index (χ0n) is 21.1. The first-order valence-corrected chi connectivity index (χ1v) is 12.7. The molecule has 0 aromatic heterocycles. The summed E-state index contributed by atoms with van der Waals surface area (Å²) in [5, 5.41) is 10.7. The minimum atomic E-state index is -0.189. The third-order valence-electron chi connectivity index (χ3n) is 7.32. The number of nitrogen functional groups attached to an aromatic ring is 1. The van der Waals surface area contributed by atoms with E-state index >= 15 is 0 Å². The van der Waals surface area contributed by atoms with Crippen molar-refractivity contribution in [1.82, 2.24) is 10.2 Å². The SMILES string of the molecule is COc1ccc(-c2ccc(C(=N)N)cc2)cc1C(=O)N[C@H]1CC[C@H](C(=O)OC2CCN(C)CC2)CC1. The average molecular weight is 493 g/mol. The number of carbonyl (C=O) groups excluding carboxylic acids is 2. The molecule has 2 aromatic carbocycles. The van der Waals surface area contributed by atoms with Crippen molar-refractivity contribution >= 4 is 17.7 Å². The fourth-order valence-corrected chi connectivity index (χ4v) is 5.01. The molecule has 8 nitrogen and oxygen atoms in total. The Kier molecular flexibility index (Phi) is 8.25. The van der Waals surface area contributed by atoms with Crippen LogP contribution in [0.15, 0.2) is 42.5 Å². The summed E-state index contributed by atoms with van der Waals surface area (Å²) in [6, 6.07) is 12.9. The van der Waals surface area contributed by atoms with E-state index in [1.54, 1.807) is 25.3 Å². The Bertz CT molecular complexity index is 1090. The molecule has 0 spiro atoms. The topological polar surface area (TPSA) is 118 Å². The molecule has 0 bridgehead atoms. The second-order valence-electron chi connectivity index (χ2n) is 9.87. The first-order chi connectivity index (χ1) is 17.3. The lowest BCUT2D eigenvalue weighted by atomic mass is 9.86. The number of nitrogens with two attached hydrogens (primary N) is 1. The molecule has 36 heavy (non-hydrogen) atoms. The Morgan fingerprint density at radius 1 is 0.972 bits per heavy atom. The number of hydrogen-bond acceptors (Lipinski definition) is 6. The number of nitrogens with one attached hydrogen (secondary N) is 2. The van der Waals surface area contributed by atoms with Crippen molar-refractivity contribution in [3.63, 3.8) is 0 Å². The maximum Gasteiger partial charge on any atom is 0.309 e. The van der Waals surface area contributed by atoms with Crippen LogP contribution in [0.2, 0.25) is 0 Å². The molecule has 1 aliphatic carbocycles. The molecule has 0 unspecified atom stereocenters. The van der Waals surface area contributed by atoms with Gasteiger partial charge in [0.15, 0.2) is 0 Å². The van der Waals surface area contributed by atoms with Crippen LogP contribution in [0.1, 0.15) is 54.4 Å². The molecule has 1 saturated carbocycles. The van der Waals surface area contributed by atoms with Gasteiger partial charge in [0.25, 0.3) is 5.91 Å². The Morgan fingerprint density at radius 3 is 2.22 bits per heavy atom. The molecule has 192 valence electrons. The third-order valence-corrected chi connectivity index (χ3v) is 7.32. The Morgan fingerprint density at radius 2 is 1.61 bits per heavy atom. The molecule has 2 aromatic rings. The van der Waals surface area contributed by atoms with Gasteiger partial charge in [-0.3, -0.25) is 15.0 Å². The second-order valence-corrected chi connectivity index (χ2v) is 9.87. The van der Waals surface area contributed by atoms with E-state index in [0.717, 1.165) is 62.7 Å². The van der Waals surface area contributed by atoms with Gasteiger partial charge in [-0.05, 0) is 68.8 Å². The van der Waals surface area contributed by atoms with Gasteiger partial charge < -0.3 is 25.4 Å². The van der Waals surface area contributed by atoms with Crippen LogP contribution in [0.3, 0.4) is 0 Å². The second kappa shape index (κ2) is 11.6. The maximum absolute atomic E-state index is 13.2. The maximum atomic E-state index is 13.2. The van der Waals surface area contributed by atoms with Crippen LogP contribution in [0.25, 0.3) is 11.1 Å². The predicted molar refractivity (Wildman–Crippen MR) is 139 cm³/mol. The number of ether oxygens (including phenoxy) is 2. The van der Waals surface area contributed by atoms with Gasteiger partial charge in [-0.15, -0.1) is 0 Å². The van der Waals surface area contributed by atoms with Crippen LogP contribution in [0.5, 0.6) is 5.75 Å². The molecule has 0 radical (unpaired) electrons. The van der Waals surface area contributed by atoms with Crippen molar-refractivity contribution in [1.29, 1.82) is 5.41 Å². The van der Waals surface area contributed by atoms with Gasteiger partial charge in [0.2, 0.25) is 0 Å². The lowest BCUT2D eigenvalue weighted by molar-refractivity contribution is -0.157. The highest BCUT2D eigenvalue weighted by atomic mass is 16.5. The average Bonchev–Trinajstić information content (AvgIpc) is 2.90. The fourth-order valence-electron chi connectivity index (χ4n) is 5.01. The van der Waals surface area contributed by atoms with Gasteiger partial charge in [-0.25, -0.2) is 0 Å². The summed E-state index contributed by atoms with van der Waals surface area (Å²) < 4.78 is 11.2. The molecule has 4 N–H and O–H groups in total. The van der Waals surface area contributed by atoms with Crippen LogP contribution in [0, 0.1) is 11.3 Å². The lowest BCUT2D eigenvalue weighted by Gasteiger charge is -2.32. The molecule has 1 amide bonds. The third kappa shape index (κ3) is 6.23. The summed E-state index contributed by atoms with van der Waals surface area (Å²) in [5.74, 6) is 0.160. The quantitative estimate of drug-likeness (QED) is 0.309. The van der Waals surface area contributed by atoms with Crippen molar-refractivity contribution in [3.05, 3.63) is 53.6 Å². The van der Waals surface area contributed by atoms with E-state index in [1.807, 2.05) is 24.3 Å². The van der Waals surface area contributed by atoms with E-state index in [1.165, 1.54) is 0 Å². The number of hydrogen-bond donors (Lipinski definition) is 3. The fraction of sp³-hybridized carbons (Fsp3) is 0.464. The molecule has 2 aliphatic rings. The van der Waals surface area contributed by atoms with Gasteiger partial charge in [-0.1, -0.05) is 30.3 Å². The zero-order chi connectivity index (χ0) is 25.7. The minimum absolute atomic E-state index is 0.00749. The smallest absolute Gasteiger partial charge is 0.309 e. The van der Waals surface area contributed by atoms with Gasteiger partial charge in [0.05, 0.1) is 18.6 Å². The van der Waals surface area contributed by atoms with E-state index in [9.17, 15) is 9.59 Å². The monoisotopic (exact) mass is 492 g/mol. The van der Waals surface area contributed by atoms with Gasteiger partial charge in [0, 0.05) is 24.7 Å². The number of rotatable bonds is 7. The normalized spacial score (nSPS) is 20.9. The predicted octanol–water partition coefficient (Wildman–Crippen LogP) is 3.57. The van der Waals surface area contributed by atoms with Crippen LogP contribution in [-0.2, 0) is 9.53 Å². The Hall–Kier alpha value is -3.39. The van der Waals surface area contributed by atoms with Crippen LogP contribution >= 0.6 is 0 Å². The zero-order valence-corrected chi connectivity index (χ0v) is 21.1. The molecule has 1 saturated heterocycles. The number of amides is 1. The van der Waals surface area contributed by atoms with E-state index in [-0.39, 0.29) is 35.8 Å². The van der Waals surface area contributed by atoms with E-state index in [4.69, 9.17) is 20.6 Å². The Labute approximate surface area is 212 Å². The van der Waals surface area contributed by atoms with E-state index in [2.05, 4.69) is 17.3 Å². The first-order valence-electron chi connectivity index (χ1n) is 12.7. The van der Waals surface area contributed by atoms with Gasteiger partial charge in [0.1, 0.15) is 17.7 Å². The van der Waals surface area contributed by atoms with Crippen LogP contribution < -0.4 is 15.8 Å². The van der Waals surface area contributed by atoms with E-state index in [0.29, 0.717) is 16.9 Å². The number of methoxy groups -OCH3 is 1. The summed E-state index contributed by atoms with van der Waals surface area (Å²) in [6.07, 6.45) is 4.75. The van der Waals surface area contributed by atoms with Crippen LogP contribution in [0.4, 0.5) is 0 Å². The number of amidine groups is 1. The van der Waals surface area contributed by atoms with Crippen molar-refractivity contribution in [2.75, 3.05) is 27.2 Å². The number of benzene rings is 2. The summed E-state index contributed by atoms with van der Waals surface area (Å²) in [6.45, 7) is 1.93. The largest absolute Gasteiger partial charge is 0.496 e. The number of likely N-dealkylation sites (tertiary alicyclic amines) is 1. The standard InChI is InChI=1S/C28H36N4O4/c1-32-15-13-23(14-16-32)36-28(34)20-7-10-22(11-8-20)31-27(33)24-17-21(9-12-25(24)35-2)18-3-5-19(6-4-18)26(29)30/h3-6,9,12,17,20,22-23H,7-8,10-11,13-16H2,1-2H3,(H3,29,30)(H,31,33)/t20-,22-. The first kappa shape index (κ1) is 25.7. The molecular weight excluding hydrogens is 456 g/mol. The summed E-state index contributed by atoms with van der Waals surface area (Å²) in [5.41, 5.74) is 8.46. The molecule has 0 atom stereocenters. The summed E-state index contributed by atoms with van der Waals surface area (Å²) in [4.78, 5) is 28.1. The highest BCUT2D eigenvalue weighted by Crippen LogP contribution is 2.30. The highest BCUT2D eigenvalue weighted by molar-refractivity contribution is 5.99. The molecule has 8 heteroatoms. The van der Waals surface area contributed by atoms with Gasteiger partial charge in [-0.2, -0.15) is 0 Å². The number of carbonyl (C=O) groups is 2. The van der Waals surface area contributed by atoms with Crippen molar-refractivity contribution < 1.29 is 19.1 Å². The lowest BCUT2D eigenvalue weighted by Crippen LogP contribution is -2.40. The summed E-state index contributed by atoms with van der Waals surface area (Å²) in [7, 11) is 3.64. The summed E-state index contributed by atoms with van der Waals surface area (Å²) >= 11 is 0. The number of nitrogens with zero attached hydrogens (tertiary/aromatic N) is 1. The Balaban J connectivity index is 1.34. The van der Waals surface area contributed by atoms with Crippen molar-refractivity contribution in [2.24, 2.45) is 11.7 Å². The molecule has 4 rings (SSSR count). The van der Waals surface area contributed by atoms with E-state index < -0.39 is 0 Å². The molecular formula is C28H36N4O4. The number of piperidine rings is 1. The van der Waals surface area contributed by atoms with Crippen molar-refractivity contribution in [3.8, 4) is 16.9 Å². The van der Waals surface area contributed by atoms with Crippen molar-refractivity contribution in [2.45, 2.75) is 50.7 Å². The number of esters is 1. The molecule has 1 aliphatic heterocycles.